The van der Waals surface area contributed by atoms with E-state index in [1.54, 1.807) is 0 Å². The maximum absolute atomic E-state index is 10.8. The van der Waals surface area contributed by atoms with Crippen molar-refractivity contribution >= 4 is 14.3 Å². The molecule has 0 unspecified atom stereocenters. The number of unbranched alkanes of at least 4 members (excludes halogenated alkanes) is 1. The molecule has 0 aromatic carbocycles. The van der Waals surface area contributed by atoms with E-state index < -0.39 is 8.32 Å². The minimum atomic E-state index is -1.46. The fraction of sp³-hybridized carbons (Fsp3) is 0.750. The number of hydrogen-bond acceptors (Lipinski definition) is 3. The summed E-state index contributed by atoms with van der Waals surface area (Å²) in [5.74, 6) is -0.332. The maximum atomic E-state index is 10.8. The molecule has 0 rings (SSSR count). The Bertz CT molecular complexity index is 204. The highest BCUT2D eigenvalue weighted by molar-refractivity contribution is 6.73. The molecular formula is C12H24O3Si. The van der Waals surface area contributed by atoms with Crippen LogP contribution in [-0.2, 0) is 14.0 Å². The Hall–Kier alpha value is -0.613. The molecule has 0 saturated heterocycles. The van der Waals surface area contributed by atoms with Crippen molar-refractivity contribution in [3.05, 3.63) is 12.7 Å². The molecule has 0 radical (unpaired) electrons. The Morgan fingerprint density at radius 1 is 1.31 bits per heavy atom. The summed E-state index contributed by atoms with van der Waals surface area (Å²) < 4.78 is 10.6. The van der Waals surface area contributed by atoms with Crippen molar-refractivity contribution in [2.24, 2.45) is 0 Å². The van der Waals surface area contributed by atoms with Crippen molar-refractivity contribution in [1.82, 2.24) is 0 Å². The molecule has 0 aromatic heterocycles. The van der Waals surface area contributed by atoms with E-state index in [9.17, 15) is 4.79 Å². The van der Waals surface area contributed by atoms with Crippen LogP contribution in [0.15, 0.2) is 12.7 Å². The summed E-state index contributed by atoms with van der Waals surface area (Å²) in [6, 6.07) is 3.47. The lowest BCUT2D eigenvalue weighted by Gasteiger charge is -2.27. The summed E-state index contributed by atoms with van der Waals surface area (Å²) in [5, 5.41) is 0. The number of ether oxygens (including phenoxy) is 1. The molecule has 0 aliphatic heterocycles. The molecule has 0 aliphatic carbocycles. The normalized spacial score (nSPS) is 11.2. The highest BCUT2D eigenvalue weighted by Gasteiger charge is 2.28. The number of hydrogen-bond donors (Lipinski definition) is 0. The minimum Gasteiger partial charge on any atom is -0.463 e. The van der Waals surface area contributed by atoms with E-state index >= 15 is 0 Å². The standard InChI is InChI=1S/C12H24O3Si/c1-5-12(13)15-10-8-9-11-16(6-2,7-3)14-4/h5H,1,6-11H2,2-4H3. The molecule has 0 fully saturated rings. The van der Waals surface area contributed by atoms with E-state index in [1.807, 2.05) is 7.11 Å². The molecule has 0 spiro atoms. The van der Waals surface area contributed by atoms with E-state index in [2.05, 4.69) is 20.4 Å². The van der Waals surface area contributed by atoms with Gasteiger partial charge in [-0.05, 0) is 24.6 Å². The van der Waals surface area contributed by atoms with Gasteiger partial charge in [-0.3, -0.25) is 0 Å². The zero-order valence-corrected chi connectivity index (χ0v) is 11.8. The summed E-state index contributed by atoms with van der Waals surface area (Å²) in [6.07, 6.45) is 3.19. The van der Waals surface area contributed by atoms with Crippen LogP contribution in [0.3, 0.4) is 0 Å². The summed E-state index contributed by atoms with van der Waals surface area (Å²) in [7, 11) is 0.367. The first kappa shape index (κ1) is 15.4. The Morgan fingerprint density at radius 2 is 1.94 bits per heavy atom. The molecule has 0 aliphatic rings. The van der Waals surface area contributed by atoms with E-state index in [1.165, 1.54) is 6.08 Å². The van der Waals surface area contributed by atoms with Gasteiger partial charge in [0.25, 0.3) is 0 Å². The van der Waals surface area contributed by atoms with Gasteiger partial charge in [-0.2, -0.15) is 0 Å². The summed E-state index contributed by atoms with van der Waals surface area (Å²) >= 11 is 0. The zero-order valence-electron chi connectivity index (χ0n) is 10.8. The smallest absolute Gasteiger partial charge is 0.330 e. The molecule has 0 saturated carbocycles. The molecule has 4 heteroatoms. The summed E-state index contributed by atoms with van der Waals surface area (Å²) in [5.41, 5.74) is 0. The van der Waals surface area contributed by atoms with E-state index in [-0.39, 0.29) is 5.97 Å². The average molecular weight is 244 g/mol. The third kappa shape index (κ3) is 5.46. The van der Waals surface area contributed by atoms with Crippen LogP contribution in [0.5, 0.6) is 0 Å². The van der Waals surface area contributed by atoms with Crippen molar-refractivity contribution in [2.45, 2.75) is 44.8 Å². The van der Waals surface area contributed by atoms with Gasteiger partial charge in [0.15, 0.2) is 8.32 Å². The van der Waals surface area contributed by atoms with Crippen LogP contribution in [0.2, 0.25) is 18.1 Å². The van der Waals surface area contributed by atoms with Gasteiger partial charge < -0.3 is 9.16 Å². The second-order valence-corrected chi connectivity index (χ2v) is 8.61. The van der Waals surface area contributed by atoms with Gasteiger partial charge in [-0.1, -0.05) is 26.8 Å². The molecule has 0 amide bonds. The molecule has 94 valence electrons. The Labute approximate surface area is 100.0 Å². The van der Waals surface area contributed by atoms with Gasteiger partial charge >= 0.3 is 5.97 Å². The van der Waals surface area contributed by atoms with Crippen LogP contribution in [0, 0.1) is 0 Å². The number of rotatable bonds is 9. The Balaban J connectivity index is 3.71. The first-order chi connectivity index (χ1) is 7.64. The number of esters is 1. The predicted molar refractivity (Wildman–Crippen MR) is 68.9 cm³/mol. The fourth-order valence-electron chi connectivity index (χ4n) is 1.78. The molecular weight excluding hydrogens is 220 g/mol. The van der Waals surface area contributed by atoms with Gasteiger partial charge in [0.2, 0.25) is 0 Å². The third-order valence-corrected chi connectivity index (χ3v) is 7.87. The fourth-order valence-corrected chi connectivity index (χ4v) is 4.66. The van der Waals surface area contributed by atoms with Crippen molar-refractivity contribution in [3.63, 3.8) is 0 Å². The van der Waals surface area contributed by atoms with Gasteiger partial charge in [-0.15, -0.1) is 0 Å². The Morgan fingerprint density at radius 3 is 2.38 bits per heavy atom. The van der Waals surface area contributed by atoms with Crippen molar-refractivity contribution < 1.29 is 14.0 Å². The SMILES string of the molecule is C=CC(=O)OCCCC[Si](CC)(CC)OC. The van der Waals surface area contributed by atoms with Crippen LogP contribution >= 0.6 is 0 Å². The number of carbonyl (C=O) groups excluding carboxylic acids is 1. The van der Waals surface area contributed by atoms with Crippen LogP contribution in [0.1, 0.15) is 26.7 Å². The molecule has 0 N–H and O–H groups in total. The van der Waals surface area contributed by atoms with E-state index in [0.717, 1.165) is 31.0 Å². The summed E-state index contributed by atoms with van der Waals surface area (Å²) in [6.45, 7) is 8.25. The van der Waals surface area contributed by atoms with E-state index in [4.69, 9.17) is 9.16 Å². The number of carbonyl (C=O) groups is 1. The molecule has 0 bridgehead atoms. The summed E-state index contributed by atoms with van der Waals surface area (Å²) in [4.78, 5) is 10.8. The molecule has 0 heterocycles. The first-order valence-corrected chi connectivity index (χ1v) is 8.51. The molecule has 0 atom stereocenters. The highest BCUT2D eigenvalue weighted by atomic mass is 28.4. The molecule has 16 heavy (non-hydrogen) atoms. The van der Waals surface area contributed by atoms with Crippen LogP contribution in [-0.4, -0.2) is 28.0 Å². The van der Waals surface area contributed by atoms with Crippen LogP contribution < -0.4 is 0 Å². The van der Waals surface area contributed by atoms with Gasteiger partial charge in [0.1, 0.15) is 0 Å². The first-order valence-electron chi connectivity index (χ1n) is 5.98. The lowest BCUT2D eigenvalue weighted by atomic mass is 10.4. The van der Waals surface area contributed by atoms with Gasteiger partial charge in [0, 0.05) is 13.2 Å². The predicted octanol–water partition coefficient (Wildman–Crippen LogP) is 3.13. The topological polar surface area (TPSA) is 35.5 Å². The molecule has 3 nitrogen and oxygen atoms in total. The minimum absolute atomic E-state index is 0.332. The average Bonchev–Trinajstić information content (AvgIpc) is 2.34. The van der Waals surface area contributed by atoms with Gasteiger partial charge in [-0.25, -0.2) is 4.79 Å². The quantitative estimate of drug-likeness (QED) is 0.270. The second kappa shape index (κ2) is 8.53. The van der Waals surface area contributed by atoms with Crippen molar-refractivity contribution in [2.75, 3.05) is 13.7 Å². The van der Waals surface area contributed by atoms with Crippen molar-refractivity contribution in [3.8, 4) is 0 Å². The Kier molecular flexibility index (Phi) is 8.20. The lowest BCUT2D eigenvalue weighted by Crippen LogP contribution is -2.35. The van der Waals surface area contributed by atoms with Crippen molar-refractivity contribution in [1.29, 1.82) is 0 Å². The monoisotopic (exact) mass is 244 g/mol. The van der Waals surface area contributed by atoms with E-state index in [0.29, 0.717) is 6.61 Å². The largest absolute Gasteiger partial charge is 0.463 e. The maximum Gasteiger partial charge on any atom is 0.330 e. The third-order valence-electron chi connectivity index (χ3n) is 3.16. The molecule has 0 aromatic rings. The zero-order chi connectivity index (χ0) is 12.4. The second-order valence-electron chi connectivity index (χ2n) is 3.92. The van der Waals surface area contributed by atoms with Crippen LogP contribution in [0.4, 0.5) is 0 Å². The van der Waals surface area contributed by atoms with Crippen LogP contribution in [0.25, 0.3) is 0 Å². The van der Waals surface area contributed by atoms with Gasteiger partial charge in [0.05, 0.1) is 6.61 Å². The highest BCUT2D eigenvalue weighted by Crippen LogP contribution is 2.23. The lowest BCUT2D eigenvalue weighted by molar-refractivity contribution is -0.137.